The van der Waals surface area contributed by atoms with Crippen LogP contribution in [0.15, 0.2) is 12.2 Å². The van der Waals surface area contributed by atoms with Gasteiger partial charge in [0.15, 0.2) is 0 Å². The summed E-state index contributed by atoms with van der Waals surface area (Å²) in [6, 6.07) is 0. The topological polar surface area (TPSA) is 35.5 Å². The molecule has 3 heteroatoms. The molecule has 0 amide bonds. The van der Waals surface area contributed by atoms with Gasteiger partial charge in [0, 0.05) is 0 Å². The zero-order chi connectivity index (χ0) is 11.0. The van der Waals surface area contributed by atoms with Crippen LogP contribution < -0.4 is 0 Å². The molecule has 82 valence electrons. The Kier molecular flexibility index (Phi) is 6.89. The Morgan fingerprint density at radius 1 is 1.29 bits per heavy atom. The first-order valence-corrected chi connectivity index (χ1v) is 5.06. The molecule has 3 nitrogen and oxygen atoms in total. The van der Waals surface area contributed by atoms with Crippen molar-refractivity contribution in [2.45, 2.75) is 40.2 Å². The van der Waals surface area contributed by atoms with Crippen molar-refractivity contribution in [3.8, 4) is 0 Å². The maximum absolute atomic E-state index is 11.0. The second-order valence-corrected chi connectivity index (χ2v) is 3.51. The van der Waals surface area contributed by atoms with E-state index in [1.165, 1.54) is 0 Å². The molecule has 0 saturated carbocycles. The van der Waals surface area contributed by atoms with E-state index in [1.54, 1.807) is 6.08 Å². The fourth-order valence-corrected chi connectivity index (χ4v) is 0.673. The van der Waals surface area contributed by atoms with E-state index in [1.807, 2.05) is 33.8 Å². The molecule has 0 fully saturated rings. The smallest absolute Gasteiger partial charge is 0.431 e. The summed E-state index contributed by atoms with van der Waals surface area (Å²) in [4.78, 5) is 11.0. The van der Waals surface area contributed by atoms with Gasteiger partial charge in [0.25, 0.3) is 0 Å². The summed E-state index contributed by atoms with van der Waals surface area (Å²) in [6.45, 7) is 8.16. The van der Waals surface area contributed by atoms with Crippen molar-refractivity contribution < 1.29 is 14.3 Å². The summed E-state index contributed by atoms with van der Waals surface area (Å²) in [6.07, 6.45) is 4.01. The van der Waals surface area contributed by atoms with E-state index >= 15 is 0 Å². The van der Waals surface area contributed by atoms with E-state index in [9.17, 15) is 4.79 Å². The van der Waals surface area contributed by atoms with Gasteiger partial charge < -0.3 is 9.47 Å². The van der Waals surface area contributed by atoms with Crippen LogP contribution in [-0.2, 0) is 9.47 Å². The number of ether oxygens (including phenoxy) is 2. The zero-order valence-corrected chi connectivity index (χ0v) is 9.45. The van der Waals surface area contributed by atoms with E-state index < -0.39 is 6.16 Å². The van der Waals surface area contributed by atoms with Gasteiger partial charge >= 0.3 is 6.16 Å². The molecule has 0 aromatic rings. The standard InChI is InChI=1S/C11H20O3/c1-5-6-7-8-13-11(12)14-10(4)9(2)3/h6-7,9-10H,5,8H2,1-4H3/b7-6+. The van der Waals surface area contributed by atoms with E-state index in [0.717, 1.165) is 6.42 Å². The predicted molar refractivity (Wildman–Crippen MR) is 56.2 cm³/mol. The largest absolute Gasteiger partial charge is 0.508 e. The number of carbonyl (C=O) groups excluding carboxylic acids is 1. The first-order valence-electron chi connectivity index (χ1n) is 5.06. The van der Waals surface area contributed by atoms with Gasteiger partial charge in [-0.2, -0.15) is 0 Å². The molecule has 0 rings (SSSR count). The van der Waals surface area contributed by atoms with Crippen molar-refractivity contribution in [2.24, 2.45) is 5.92 Å². The highest BCUT2D eigenvalue weighted by Gasteiger charge is 2.12. The Bertz CT molecular complexity index is 185. The first kappa shape index (κ1) is 13.0. The van der Waals surface area contributed by atoms with Crippen LogP contribution in [0.3, 0.4) is 0 Å². The van der Waals surface area contributed by atoms with Crippen LogP contribution in [0.1, 0.15) is 34.1 Å². The average Bonchev–Trinajstić information content (AvgIpc) is 2.12. The van der Waals surface area contributed by atoms with Gasteiger partial charge in [-0.3, -0.25) is 0 Å². The van der Waals surface area contributed by atoms with Gasteiger partial charge in [-0.25, -0.2) is 4.79 Å². The van der Waals surface area contributed by atoms with Gasteiger partial charge in [0.05, 0.1) is 0 Å². The maximum atomic E-state index is 11.0. The third kappa shape index (κ3) is 6.52. The molecule has 0 radical (unpaired) electrons. The quantitative estimate of drug-likeness (QED) is 0.505. The normalized spacial score (nSPS) is 13.2. The van der Waals surface area contributed by atoms with Crippen LogP contribution in [0.4, 0.5) is 4.79 Å². The third-order valence-corrected chi connectivity index (χ3v) is 1.92. The molecule has 0 aliphatic carbocycles. The van der Waals surface area contributed by atoms with E-state index in [-0.39, 0.29) is 12.7 Å². The van der Waals surface area contributed by atoms with Crippen LogP contribution in [0.2, 0.25) is 0 Å². The van der Waals surface area contributed by atoms with Crippen LogP contribution in [0.5, 0.6) is 0 Å². The minimum Gasteiger partial charge on any atom is -0.431 e. The lowest BCUT2D eigenvalue weighted by Crippen LogP contribution is -2.20. The Morgan fingerprint density at radius 3 is 2.43 bits per heavy atom. The van der Waals surface area contributed by atoms with Crippen molar-refractivity contribution in [3.63, 3.8) is 0 Å². The monoisotopic (exact) mass is 200 g/mol. The second-order valence-electron chi connectivity index (χ2n) is 3.51. The highest BCUT2D eigenvalue weighted by Crippen LogP contribution is 2.06. The second kappa shape index (κ2) is 7.42. The maximum Gasteiger partial charge on any atom is 0.508 e. The Labute approximate surface area is 86.1 Å². The molecule has 1 atom stereocenters. The number of hydrogen-bond acceptors (Lipinski definition) is 3. The lowest BCUT2D eigenvalue weighted by atomic mass is 10.1. The highest BCUT2D eigenvalue weighted by molar-refractivity contribution is 5.60. The van der Waals surface area contributed by atoms with Gasteiger partial charge in [0.2, 0.25) is 0 Å². The predicted octanol–water partition coefficient (Wildman–Crippen LogP) is 3.15. The molecule has 0 bridgehead atoms. The van der Waals surface area contributed by atoms with Gasteiger partial charge in [-0.1, -0.05) is 32.9 Å². The van der Waals surface area contributed by atoms with Crippen molar-refractivity contribution in [1.82, 2.24) is 0 Å². The van der Waals surface area contributed by atoms with Crippen molar-refractivity contribution in [2.75, 3.05) is 6.61 Å². The summed E-state index contributed by atoms with van der Waals surface area (Å²) in [5, 5.41) is 0. The van der Waals surface area contributed by atoms with Crippen molar-refractivity contribution >= 4 is 6.16 Å². The minimum atomic E-state index is -0.591. The molecule has 0 heterocycles. The summed E-state index contributed by atoms with van der Waals surface area (Å²) < 4.78 is 9.81. The number of carbonyl (C=O) groups is 1. The Balaban J connectivity index is 3.60. The molecular weight excluding hydrogens is 180 g/mol. The van der Waals surface area contributed by atoms with Gasteiger partial charge in [-0.05, 0) is 19.3 Å². The highest BCUT2D eigenvalue weighted by atomic mass is 16.7. The number of rotatable bonds is 5. The van der Waals surface area contributed by atoms with Crippen LogP contribution in [-0.4, -0.2) is 18.9 Å². The molecule has 0 aliphatic heterocycles. The summed E-state index contributed by atoms with van der Waals surface area (Å²) in [5.41, 5.74) is 0. The van der Waals surface area contributed by atoms with Gasteiger partial charge in [0.1, 0.15) is 12.7 Å². The Hall–Kier alpha value is -0.990. The Morgan fingerprint density at radius 2 is 1.93 bits per heavy atom. The molecular formula is C11H20O3. The third-order valence-electron chi connectivity index (χ3n) is 1.92. The molecule has 0 aromatic heterocycles. The molecule has 0 aromatic carbocycles. The number of hydrogen-bond donors (Lipinski definition) is 0. The van der Waals surface area contributed by atoms with Crippen molar-refractivity contribution in [3.05, 3.63) is 12.2 Å². The zero-order valence-electron chi connectivity index (χ0n) is 9.45. The SMILES string of the molecule is CC/C=C/COC(=O)OC(C)C(C)C. The fourth-order valence-electron chi connectivity index (χ4n) is 0.673. The molecule has 0 saturated heterocycles. The molecule has 0 N–H and O–H groups in total. The lowest BCUT2D eigenvalue weighted by molar-refractivity contribution is 0.0203. The summed E-state index contributed by atoms with van der Waals surface area (Å²) >= 11 is 0. The molecule has 1 unspecified atom stereocenters. The van der Waals surface area contributed by atoms with E-state index in [2.05, 4.69) is 0 Å². The average molecular weight is 200 g/mol. The fraction of sp³-hybridized carbons (Fsp3) is 0.727. The van der Waals surface area contributed by atoms with Gasteiger partial charge in [-0.15, -0.1) is 0 Å². The summed E-state index contributed by atoms with van der Waals surface area (Å²) in [5.74, 6) is 0.314. The van der Waals surface area contributed by atoms with Crippen molar-refractivity contribution in [1.29, 1.82) is 0 Å². The molecule has 0 aliphatic rings. The lowest BCUT2D eigenvalue weighted by Gasteiger charge is -2.15. The van der Waals surface area contributed by atoms with Crippen LogP contribution in [0, 0.1) is 5.92 Å². The molecule has 14 heavy (non-hydrogen) atoms. The van der Waals surface area contributed by atoms with E-state index in [0.29, 0.717) is 5.92 Å². The number of allylic oxidation sites excluding steroid dienone is 1. The summed E-state index contributed by atoms with van der Waals surface area (Å²) in [7, 11) is 0. The first-order chi connectivity index (χ1) is 6.57. The van der Waals surface area contributed by atoms with Crippen LogP contribution in [0.25, 0.3) is 0 Å². The van der Waals surface area contributed by atoms with E-state index in [4.69, 9.17) is 9.47 Å². The minimum absolute atomic E-state index is 0.0994. The van der Waals surface area contributed by atoms with Crippen LogP contribution >= 0.6 is 0 Å². The molecule has 0 spiro atoms.